The number of carbonyl (C=O) groups is 2. The number of aliphatic hydroxyl groups is 1. The molecule has 0 bridgehead atoms. The van der Waals surface area contributed by atoms with Gasteiger partial charge in [0.2, 0.25) is 0 Å². The second-order valence-corrected chi connectivity index (χ2v) is 15.4. The normalized spacial score (nSPS) is 53.7. The lowest BCUT2D eigenvalue weighted by Crippen LogP contribution is -2.66. The van der Waals surface area contributed by atoms with Crippen molar-refractivity contribution < 1.29 is 14.7 Å². The lowest BCUT2D eigenvalue weighted by molar-refractivity contribution is -0.216. The molecule has 0 aromatic rings. The van der Waals surface area contributed by atoms with Crippen molar-refractivity contribution in [3.63, 3.8) is 0 Å². The number of rotatable bonds is 3. The Balaban J connectivity index is 1.62. The fraction of sp³-hybridized carbons (Fsp3) is 0.879. The van der Waals surface area contributed by atoms with Crippen molar-refractivity contribution in [2.45, 2.75) is 119 Å². The van der Waals surface area contributed by atoms with Crippen LogP contribution in [0, 0.1) is 62.6 Å². The van der Waals surface area contributed by atoms with E-state index in [2.05, 4.69) is 61.5 Å². The zero-order chi connectivity index (χ0) is 26.5. The van der Waals surface area contributed by atoms with Gasteiger partial charge in [-0.1, -0.05) is 67.0 Å². The van der Waals surface area contributed by atoms with Crippen LogP contribution >= 0.6 is 0 Å². The third kappa shape index (κ3) is 3.07. The van der Waals surface area contributed by atoms with Gasteiger partial charge in [0, 0.05) is 17.8 Å². The summed E-state index contributed by atoms with van der Waals surface area (Å²) in [4.78, 5) is 25.8. The van der Waals surface area contributed by atoms with E-state index in [-0.39, 0.29) is 33.0 Å². The second-order valence-electron chi connectivity index (χ2n) is 15.4. The first-order chi connectivity index (χ1) is 16.7. The third-order valence-electron chi connectivity index (χ3n) is 14.0. The molecular weight excluding hydrogens is 444 g/mol. The maximum Gasteiger partial charge on any atom is 0.139 e. The van der Waals surface area contributed by atoms with Crippen LogP contribution in [0.25, 0.3) is 0 Å². The highest BCUT2D eigenvalue weighted by molar-refractivity contribution is 5.86. The Morgan fingerprint density at radius 3 is 2.36 bits per heavy atom. The largest absolute Gasteiger partial charge is 0.392 e. The summed E-state index contributed by atoms with van der Waals surface area (Å²) in [7, 11) is 0. The fourth-order valence-electron chi connectivity index (χ4n) is 11.7. The Labute approximate surface area is 220 Å². The van der Waals surface area contributed by atoms with Crippen LogP contribution in [-0.4, -0.2) is 23.3 Å². The number of aldehydes is 1. The predicted octanol–water partition coefficient (Wildman–Crippen LogP) is 7.41. The highest BCUT2D eigenvalue weighted by Gasteiger charge is 2.70. The minimum Gasteiger partial charge on any atom is -0.392 e. The van der Waals surface area contributed by atoms with Gasteiger partial charge in [-0.2, -0.15) is 0 Å². The summed E-state index contributed by atoms with van der Waals surface area (Å²) in [6.45, 7) is 18.9. The SMILES string of the molecule is CCC(=O)[C@]12CC[C@@H](C)[C@H](C)[C@H]1C1=CC[C@@H]3[C@@]4(C)CC(C=O)C(O)C(C)(C)[C@@H]4CC[C@@]3(C)[C@]1(C)CC2. The topological polar surface area (TPSA) is 54.4 Å². The van der Waals surface area contributed by atoms with Crippen LogP contribution in [0.2, 0.25) is 0 Å². The Morgan fingerprint density at radius 2 is 1.72 bits per heavy atom. The first-order valence-electron chi connectivity index (χ1n) is 15.1. The number of hydrogen-bond donors (Lipinski definition) is 1. The van der Waals surface area contributed by atoms with Gasteiger partial charge in [-0.05, 0) is 103 Å². The molecule has 3 heteroatoms. The van der Waals surface area contributed by atoms with Crippen LogP contribution in [0.1, 0.15) is 113 Å². The van der Waals surface area contributed by atoms with E-state index in [1.807, 2.05) is 0 Å². The minimum absolute atomic E-state index is 0.0333. The van der Waals surface area contributed by atoms with Gasteiger partial charge in [0.25, 0.3) is 0 Å². The Morgan fingerprint density at radius 1 is 1.03 bits per heavy atom. The van der Waals surface area contributed by atoms with Crippen molar-refractivity contribution in [2.75, 3.05) is 0 Å². The molecule has 0 saturated heterocycles. The molecule has 0 aromatic carbocycles. The molecule has 3 nitrogen and oxygen atoms in total. The number of ketones is 1. The number of aliphatic hydroxyl groups excluding tert-OH is 1. The van der Waals surface area contributed by atoms with Gasteiger partial charge in [-0.3, -0.25) is 4.79 Å². The predicted molar refractivity (Wildman–Crippen MR) is 145 cm³/mol. The third-order valence-corrected chi connectivity index (χ3v) is 14.0. The van der Waals surface area contributed by atoms with Crippen LogP contribution in [0.15, 0.2) is 11.6 Å². The van der Waals surface area contributed by atoms with Crippen molar-refractivity contribution in [2.24, 2.45) is 62.6 Å². The minimum atomic E-state index is -0.553. The molecule has 36 heavy (non-hydrogen) atoms. The molecule has 0 amide bonds. The smallest absolute Gasteiger partial charge is 0.139 e. The Bertz CT molecular complexity index is 964. The molecule has 1 N–H and O–H groups in total. The molecule has 4 saturated carbocycles. The average Bonchev–Trinajstić information content (AvgIpc) is 2.83. The van der Waals surface area contributed by atoms with E-state index in [0.717, 1.165) is 44.8 Å². The van der Waals surface area contributed by atoms with E-state index in [1.54, 1.807) is 5.57 Å². The van der Waals surface area contributed by atoms with Crippen molar-refractivity contribution in [1.29, 1.82) is 0 Å². The van der Waals surface area contributed by atoms with Crippen molar-refractivity contribution in [3.05, 3.63) is 11.6 Å². The summed E-state index contributed by atoms with van der Waals surface area (Å²) in [6, 6.07) is 0. The van der Waals surface area contributed by atoms with Gasteiger partial charge in [-0.15, -0.1) is 0 Å². The molecule has 0 spiro atoms. The highest BCUT2D eigenvalue weighted by Crippen LogP contribution is 2.76. The van der Waals surface area contributed by atoms with Crippen LogP contribution in [-0.2, 0) is 9.59 Å². The second kappa shape index (κ2) is 8.27. The summed E-state index contributed by atoms with van der Waals surface area (Å²) in [5, 5.41) is 11.2. The average molecular weight is 497 g/mol. The number of fused-ring (bicyclic) bond motifs is 7. The summed E-state index contributed by atoms with van der Waals surface area (Å²) < 4.78 is 0. The first-order valence-corrected chi connectivity index (χ1v) is 15.1. The zero-order valence-corrected chi connectivity index (χ0v) is 24.3. The molecule has 0 radical (unpaired) electrons. The van der Waals surface area contributed by atoms with Gasteiger partial charge in [0.1, 0.15) is 12.1 Å². The molecule has 5 aliphatic carbocycles. The lowest BCUT2D eigenvalue weighted by Gasteiger charge is -2.72. The van der Waals surface area contributed by atoms with Crippen molar-refractivity contribution >= 4 is 12.1 Å². The van der Waals surface area contributed by atoms with E-state index >= 15 is 0 Å². The summed E-state index contributed by atoms with van der Waals surface area (Å²) in [5.41, 5.74) is 1.48. The Kier molecular flexibility index (Phi) is 6.12. The van der Waals surface area contributed by atoms with Gasteiger partial charge >= 0.3 is 0 Å². The molecule has 2 unspecified atom stereocenters. The van der Waals surface area contributed by atoms with E-state index < -0.39 is 6.10 Å². The molecule has 5 rings (SSSR count). The molecule has 4 fully saturated rings. The highest BCUT2D eigenvalue weighted by atomic mass is 16.3. The van der Waals surface area contributed by atoms with Crippen LogP contribution in [0.4, 0.5) is 0 Å². The zero-order valence-electron chi connectivity index (χ0n) is 24.3. The number of Topliss-reactive ketones (excluding diaryl/α,β-unsaturated/α-hetero) is 1. The lowest BCUT2D eigenvalue weighted by atomic mass is 9.32. The summed E-state index contributed by atoms with van der Waals surface area (Å²) in [6.07, 6.45) is 12.3. The van der Waals surface area contributed by atoms with Crippen molar-refractivity contribution in [1.82, 2.24) is 0 Å². The summed E-state index contributed by atoms with van der Waals surface area (Å²) in [5.74, 6) is 2.72. The standard InChI is InChI=1S/C33H52O3/c1-9-26(35)33-15-12-20(2)21(3)27(33)23-10-11-25-30(6)18-22(19-34)28(36)29(4,5)24(30)13-14-32(25,8)31(23,7)16-17-33/h10,19-22,24-25,27-28,36H,9,11-18H2,1-8H3/t20-,21+,22?,24+,25-,27+,28?,30+,31-,32-,33-/m1/s1. The number of carbonyl (C=O) groups excluding carboxylic acids is 2. The number of allylic oxidation sites excluding steroid dienone is 2. The van der Waals surface area contributed by atoms with Gasteiger partial charge < -0.3 is 9.90 Å². The quantitative estimate of drug-likeness (QED) is 0.327. The Hall–Kier alpha value is -0.960. The van der Waals surface area contributed by atoms with Crippen LogP contribution < -0.4 is 0 Å². The molecule has 11 atom stereocenters. The summed E-state index contributed by atoms with van der Waals surface area (Å²) >= 11 is 0. The van der Waals surface area contributed by atoms with E-state index in [0.29, 0.717) is 41.8 Å². The number of hydrogen-bond acceptors (Lipinski definition) is 3. The molecule has 0 aliphatic heterocycles. The van der Waals surface area contributed by atoms with Gasteiger partial charge in [0.15, 0.2) is 0 Å². The van der Waals surface area contributed by atoms with Crippen molar-refractivity contribution in [3.8, 4) is 0 Å². The van der Waals surface area contributed by atoms with E-state index in [1.165, 1.54) is 12.8 Å². The van der Waals surface area contributed by atoms with E-state index in [9.17, 15) is 14.7 Å². The molecule has 202 valence electrons. The van der Waals surface area contributed by atoms with E-state index in [4.69, 9.17) is 0 Å². The molecule has 5 aliphatic rings. The fourth-order valence-corrected chi connectivity index (χ4v) is 11.7. The molecule has 0 aromatic heterocycles. The molecule has 0 heterocycles. The maximum absolute atomic E-state index is 13.6. The van der Waals surface area contributed by atoms with Crippen LogP contribution in [0.5, 0.6) is 0 Å². The monoisotopic (exact) mass is 496 g/mol. The first kappa shape index (κ1) is 26.6. The van der Waals surface area contributed by atoms with Gasteiger partial charge in [0.05, 0.1) is 6.10 Å². The molecular formula is C33H52O3. The maximum atomic E-state index is 13.6. The van der Waals surface area contributed by atoms with Gasteiger partial charge in [-0.25, -0.2) is 0 Å². The van der Waals surface area contributed by atoms with Crippen LogP contribution in [0.3, 0.4) is 0 Å².